The fourth-order valence-corrected chi connectivity index (χ4v) is 3.38. The average Bonchev–Trinajstić information content (AvgIpc) is 3.32. The number of ether oxygens (including phenoxy) is 2. The number of hydrogen-bond acceptors (Lipinski definition) is 5. The van der Waals surface area contributed by atoms with E-state index in [9.17, 15) is 4.79 Å². The lowest BCUT2D eigenvalue weighted by Crippen LogP contribution is -2.30. The van der Waals surface area contributed by atoms with Crippen LogP contribution in [-0.2, 0) is 9.53 Å². The van der Waals surface area contributed by atoms with Crippen LogP contribution in [0.3, 0.4) is 0 Å². The van der Waals surface area contributed by atoms with Crippen LogP contribution < -0.4 is 15.8 Å². The maximum Gasteiger partial charge on any atom is 0.255 e. The molecule has 1 aliphatic heterocycles. The summed E-state index contributed by atoms with van der Waals surface area (Å²) < 4.78 is 13.0. The van der Waals surface area contributed by atoms with Gasteiger partial charge in [-0.15, -0.1) is 12.4 Å². The van der Waals surface area contributed by atoms with E-state index in [1.54, 1.807) is 7.11 Å². The molecule has 2 heterocycles. The van der Waals surface area contributed by atoms with E-state index < -0.39 is 6.10 Å². The number of imidazole rings is 1. The highest BCUT2D eigenvalue weighted by molar-refractivity contribution is 5.95. The lowest BCUT2D eigenvalue weighted by Gasteiger charge is -2.14. The van der Waals surface area contributed by atoms with Gasteiger partial charge in [0.1, 0.15) is 11.9 Å². The first-order chi connectivity index (χ1) is 13.2. The molecule has 1 fully saturated rings. The monoisotopic (exact) mass is 402 g/mol. The minimum atomic E-state index is -0.503. The summed E-state index contributed by atoms with van der Waals surface area (Å²) in [6.45, 7) is 0.423. The smallest absolute Gasteiger partial charge is 0.255 e. The van der Waals surface area contributed by atoms with E-state index in [0.717, 1.165) is 28.9 Å². The number of nitrogens with one attached hydrogen (secondary N) is 1. The number of hydrogen-bond donors (Lipinski definition) is 2. The SMILES string of the molecule is COc1cccc(-n2c(NC(=O)[C@@H]3CC[C@H](CN)O3)nc3ccccc32)c1.Cl. The number of amides is 1. The van der Waals surface area contributed by atoms with Gasteiger partial charge < -0.3 is 15.2 Å². The van der Waals surface area contributed by atoms with Crippen molar-refractivity contribution in [3.63, 3.8) is 0 Å². The Balaban J connectivity index is 0.00000225. The number of halogens is 1. The molecule has 4 rings (SSSR count). The molecule has 3 aromatic rings. The summed E-state index contributed by atoms with van der Waals surface area (Å²) in [5.74, 6) is 0.979. The van der Waals surface area contributed by atoms with Crippen molar-refractivity contribution in [1.82, 2.24) is 9.55 Å². The molecule has 0 spiro atoms. The predicted octanol–water partition coefficient (Wildman–Crippen LogP) is 2.90. The minimum Gasteiger partial charge on any atom is -0.497 e. The van der Waals surface area contributed by atoms with Gasteiger partial charge in [0.25, 0.3) is 5.91 Å². The van der Waals surface area contributed by atoms with E-state index in [1.165, 1.54) is 0 Å². The summed E-state index contributed by atoms with van der Waals surface area (Å²) in [6.07, 6.45) is 0.892. The molecule has 1 saturated heterocycles. The Morgan fingerprint density at radius 1 is 1.29 bits per heavy atom. The Morgan fingerprint density at radius 2 is 2.11 bits per heavy atom. The number of benzene rings is 2. The van der Waals surface area contributed by atoms with Crippen LogP contribution in [0.5, 0.6) is 5.75 Å². The number of para-hydroxylation sites is 2. The van der Waals surface area contributed by atoms with E-state index >= 15 is 0 Å². The highest BCUT2D eigenvalue weighted by Gasteiger charge is 2.30. The summed E-state index contributed by atoms with van der Waals surface area (Å²) >= 11 is 0. The molecule has 7 nitrogen and oxygen atoms in total. The van der Waals surface area contributed by atoms with Crippen LogP contribution in [0, 0.1) is 0 Å². The van der Waals surface area contributed by atoms with Gasteiger partial charge in [-0.1, -0.05) is 18.2 Å². The topological polar surface area (TPSA) is 91.4 Å². The third-order valence-electron chi connectivity index (χ3n) is 4.77. The molecule has 0 unspecified atom stereocenters. The Hall–Kier alpha value is -2.61. The van der Waals surface area contributed by atoms with Crippen molar-refractivity contribution in [1.29, 1.82) is 0 Å². The maximum atomic E-state index is 12.7. The van der Waals surface area contributed by atoms with Crippen molar-refractivity contribution in [2.45, 2.75) is 25.0 Å². The molecular weight excluding hydrogens is 380 g/mol. The number of carbonyl (C=O) groups excluding carboxylic acids is 1. The quantitative estimate of drug-likeness (QED) is 0.684. The number of aromatic nitrogens is 2. The van der Waals surface area contributed by atoms with Gasteiger partial charge in [-0.3, -0.25) is 14.7 Å². The first-order valence-electron chi connectivity index (χ1n) is 8.98. The fraction of sp³-hybridized carbons (Fsp3) is 0.300. The van der Waals surface area contributed by atoms with E-state index in [4.69, 9.17) is 15.2 Å². The van der Waals surface area contributed by atoms with Gasteiger partial charge in [0.2, 0.25) is 5.95 Å². The van der Waals surface area contributed by atoms with Crippen LogP contribution >= 0.6 is 12.4 Å². The zero-order chi connectivity index (χ0) is 18.8. The largest absolute Gasteiger partial charge is 0.497 e. The molecule has 0 aliphatic carbocycles. The summed E-state index contributed by atoms with van der Waals surface area (Å²) in [5.41, 5.74) is 8.19. The van der Waals surface area contributed by atoms with Crippen LogP contribution in [0.1, 0.15) is 12.8 Å². The van der Waals surface area contributed by atoms with Crippen molar-refractivity contribution >= 4 is 35.3 Å². The van der Waals surface area contributed by atoms with Gasteiger partial charge in [0, 0.05) is 12.6 Å². The molecule has 1 aliphatic rings. The van der Waals surface area contributed by atoms with Crippen molar-refractivity contribution in [3.8, 4) is 11.4 Å². The van der Waals surface area contributed by atoms with E-state index in [-0.39, 0.29) is 24.4 Å². The number of anilines is 1. The number of nitrogens with zero attached hydrogens (tertiary/aromatic N) is 2. The average molecular weight is 403 g/mol. The van der Waals surface area contributed by atoms with E-state index in [0.29, 0.717) is 18.9 Å². The van der Waals surface area contributed by atoms with Crippen LogP contribution in [-0.4, -0.2) is 41.3 Å². The number of rotatable bonds is 5. The van der Waals surface area contributed by atoms with Gasteiger partial charge in [0.15, 0.2) is 0 Å². The molecular formula is C20H23ClN4O3. The third kappa shape index (κ3) is 3.82. The van der Waals surface area contributed by atoms with Gasteiger partial charge in [0.05, 0.1) is 29.9 Å². The Morgan fingerprint density at radius 3 is 2.86 bits per heavy atom. The Kier molecular flexibility index (Phi) is 6.18. The van der Waals surface area contributed by atoms with Crippen LogP contribution in [0.4, 0.5) is 5.95 Å². The maximum absolute atomic E-state index is 12.7. The molecule has 3 N–H and O–H groups in total. The van der Waals surface area contributed by atoms with Crippen LogP contribution in [0.2, 0.25) is 0 Å². The first kappa shape index (κ1) is 20.1. The van der Waals surface area contributed by atoms with E-state index in [1.807, 2.05) is 53.1 Å². The van der Waals surface area contributed by atoms with Crippen molar-refractivity contribution in [2.75, 3.05) is 19.0 Å². The summed E-state index contributed by atoms with van der Waals surface area (Å²) in [5, 5.41) is 2.93. The van der Waals surface area contributed by atoms with Crippen LogP contribution in [0.15, 0.2) is 48.5 Å². The normalized spacial score (nSPS) is 18.6. The number of carbonyl (C=O) groups is 1. The standard InChI is InChI=1S/C20H22N4O3.ClH/c1-26-14-6-4-5-13(11-14)24-17-8-3-2-7-16(17)22-20(24)23-19(25)18-10-9-15(12-21)27-18;/h2-8,11,15,18H,9-10,12,21H2,1H3,(H,22,23,25);1H/t15-,18+;/m1./s1. The number of nitrogens with two attached hydrogens (primary N) is 1. The van der Waals surface area contributed by atoms with Crippen molar-refractivity contribution in [3.05, 3.63) is 48.5 Å². The summed E-state index contributed by atoms with van der Waals surface area (Å²) in [6, 6.07) is 15.4. The summed E-state index contributed by atoms with van der Waals surface area (Å²) in [4.78, 5) is 17.3. The molecule has 148 valence electrons. The fourth-order valence-electron chi connectivity index (χ4n) is 3.38. The first-order valence-corrected chi connectivity index (χ1v) is 8.98. The highest BCUT2D eigenvalue weighted by Crippen LogP contribution is 2.28. The van der Waals surface area contributed by atoms with Gasteiger partial charge in [-0.05, 0) is 37.1 Å². The van der Waals surface area contributed by atoms with Crippen molar-refractivity contribution in [2.24, 2.45) is 5.73 Å². The molecule has 2 aromatic carbocycles. The summed E-state index contributed by atoms with van der Waals surface area (Å²) in [7, 11) is 1.62. The second kappa shape index (κ2) is 8.60. The minimum absolute atomic E-state index is 0. The molecule has 8 heteroatoms. The molecule has 28 heavy (non-hydrogen) atoms. The second-order valence-electron chi connectivity index (χ2n) is 6.51. The number of fused-ring (bicyclic) bond motifs is 1. The van der Waals surface area contributed by atoms with Crippen LogP contribution in [0.25, 0.3) is 16.7 Å². The van der Waals surface area contributed by atoms with Crippen molar-refractivity contribution < 1.29 is 14.3 Å². The zero-order valence-electron chi connectivity index (χ0n) is 15.5. The molecule has 0 radical (unpaired) electrons. The zero-order valence-corrected chi connectivity index (χ0v) is 16.3. The second-order valence-corrected chi connectivity index (χ2v) is 6.51. The Bertz CT molecular complexity index is 975. The molecule has 1 aromatic heterocycles. The van der Waals surface area contributed by atoms with E-state index in [2.05, 4.69) is 10.3 Å². The molecule has 2 atom stereocenters. The molecule has 1 amide bonds. The van der Waals surface area contributed by atoms with Gasteiger partial charge >= 0.3 is 0 Å². The Labute approximate surface area is 169 Å². The lowest BCUT2D eigenvalue weighted by molar-refractivity contribution is -0.126. The van der Waals surface area contributed by atoms with Gasteiger partial charge in [-0.25, -0.2) is 4.98 Å². The van der Waals surface area contributed by atoms with Gasteiger partial charge in [-0.2, -0.15) is 0 Å². The molecule has 0 saturated carbocycles. The highest BCUT2D eigenvalue weighted by atomic mass is 35.5. The third-order valence-corrected chi connectivity index (χ3v) is 4.77. The lowest BCUT2D eigenvalue weighted by atomic mass is 10.2. The molecule has 0 bridgehead atoms. The number of methoxy groups -OCH3 is 1. The predicted molar refractivity (Wildman–Crippen MR) is 110 cm³/mol.